The van der Waals surface area contributed by atoms with Crippen molar-refractivity contribution < 1.29 is 23.8 Å². The summed E-state index contributed by atoms with van der Waals surface area (Å²) in [7, 11) is 4.62. The highest BCUT2D eigenvalue weighted by Gasteiger charge is 2.16. The molecule has 2 rings (SSSR count). The van der Waals surface area contributed by atoms with Crippen molar-refractivity contribution in [1.82, 2.24) is 4.90 Å². The molecule has 0 spiro atoms. The number of ether oxygens (including phenoxy) is 3. The van der Waals surface area contributed by atoms with Crippen molar-refractivity contribution in [2.45, 2.75) is 6.92 Å². The van der Waals surface area contributed by atoms with Gasteiger partial charge in [0.2, 0.25) is 11.8 Å². The molecule has 0 atom stereocenters. The number of amides is 2. The van der Waals surface area contributed by atoms with Crippen molar-refractivity contribution in [2.75, 3.05) is 51.6 Å². The Labute approximate surface area is 170 Å². The third-order valence-corrected chi connectivity index (χ3v) is 4.24. The average Bonchev–Trinajstić information content (AvgIpc) is 2.73. The summed E-state index contributed by atoms with van der Waals surface area (Å²) in [4.78, 5) is 26.6. The first-order valence-electron chi connectivity index (χ1n) is 9.17. The van der Waals surface area contributed by atoms with Gasteiger partial charge in [-0.3, -0.25) is 14.5 Å². The molecule has 2 N–H and O–H groups in total. The number of carbonyl (C=O) groups excluding carboxylic acids is 2. The van der Waals surface area contributed by atoms with Crippen LogP contribution in [0, 0.1) is 0 Å². The van der Waals surface area contributed by atoms with E-state index in [9.17, 15) is 9.59 Å². The van der Waals surface area contributed by atoms with E-state index >= 15 is 0 Å². The third kappa shape index (κ3) is 6.39. The van der Waals surface area contributed by atoms with Crippen LogP contribution < -0.4 is 24.8 Å². The molecule has 8 nitrogen and oxygen atoms in total. The van der Waals surface area contributed by atoms with Crippen molar-refractivity contribution in [3.8, 4) is 17.2 Å². The van der Waals surface area contributed by atoms with Crippen LogP contribution in [0.5, 0.6) is 17.2 Å². The summed E-state index contributed by atoms with van der Waals surface area (Å²) in [6, 6.07) is 12.3. The van der Waals surface area contributed by atoms with Crippen LogP contribution in [0.2, 0.25) is 0 Å². The highest BCUT2D eigenvalue weighted by molar-refractivity contribution is 5.96. The van der Waals surface area contributed by atoms with E-state index < -0.39 is 0 Å². The molecule has 0 saturated carbocycles. The maximum absolute atomic E-state index is 12.5. The third-order valence-electron chi connectivity index (χ3n) is 4.24. The molecule has 2 amide bonds. The van der Waals surface area contributed by atoms with Gasteiger partial charge < -0.3 is 24.8 Å². The SMILES string of the molecule is CCN(CC(=O)Nc1ccccc1OC)CC(=O)Nc1cc(OC)ccc1OC. The summed E-state index contributed by atoms with van der Waals surface area (Å²) in [5, 5.41) is 5.61. The standard InChI is InChI=1S/C21H27N3O5/c1-5-24(13-20(25)22-16-8-6-7-9-18(16)28-3)14-21(26)23-17-12-15(27-2)10-11-19(17)29-4/h6-12H,5,13-14H2,1-4H3,(H,22,25)(H,23,26). The Morgan fingerprint density at radius 2 is 1.41 bits per heavy atom. The zero-order chi connectivity index (χ0) is 21.2. The number of nitrogens with zero attached hydrogens (tertiary/aromatic N) is 1. The first-order valence-corrected chi connectivity index (χ1v) is 9.17. The van der Waals surface area contributed by atoms with Gasteiger partial charge in [-0.05, 0) is 30.8 Å². The quantitative estimate of drug-likeness (QED) is 0.636. The van der Waals surface area contributed by atoms with Gasteiger partial charge in [0.15, 0.2) is 0 Å². The summed E-state index contributed by atoms with van der Waals surface area (Å²) in [5.74, 6) is 1.21. The fourth-order valence-corrected chi connectivity index (χ4v) is 2.72. The van der Waals surface area contributed by atoms with Crippen LogP contribution in [0.15, 0.2) is 42.5 Å². The van der Waals surface area contributed by atoms with Crippen LogP contribution in [-0.2, 0) is 9.59 Å². The highest BCUT2D eigenvalue weighted by Crippen LogP contribution is 2.28. The second-order valence-corrected chi connectivity index (χ2v) is 6.17. The molecule has 0 saturated heterocycles. The molecule has 0 heterocycles. The maximum Gasteiger partial charge on any atom is 0.238 e. The molecule has 0 aliphatic heterocycles. The van der Waals surface area contributed by atoms with E-state index in [-0.39, 0.29) is 24.9 Å². The van der Waals surface area contributed by atoms with Gasteiger partial charge in [0, 0.05) is 6.07 Å². The monoisotopic (exact) mass is 401 g/mol. The molecule has 2 aromatic carbocycles. The Morgan fingerprint density at radius 3 is 2.00 bits per heavy atom. The van der Waals surface area contributed by atoms with Gasteiger partial charge in [0.25, 0.3) is 0 Å². The van der Waals surface area contributed by atoms with E-state index in [1.807, 2.05) is 19.1 Å². The fourth-order valence-electron chi connectivity index (χ4n) is 2.72. The van der Waals surface area contributed by atoms with Gasteiger partial charge in [-0.25, -0.2) is 0 Å². The van der Waals surface area contributed by atoms with Crippen LogP contribution in [-0.4, -0.2) is 57.7 Å². The van der Waals surface area contributed by atoms with Gasteiger partial charge in [0.05, 0.1) is 45.8 Å². The van der Waals surface area contributed by atoms with E-state index in [0.29, 0.717) is 35.2 Å². The summed E-state index contributed by atoms with van der Waals surface area (Å²) >= 11 is 0. The summed E-state index contributed by atoms with van der Waals surface area (Å²) in [6.45, 7) is 2.53. The highest BCUT2D eigenvalue weighted by atomic mass is 16.5. The van der Waals surface area contributed by atoms with E-state index in [1.54, 1.807) is 49.5 Å². The van der Waals surface area contributed by atoms with Gasteiger partial charge in [-0.2, -0.15) is 0 Å². The lowest BCUT2D eigenvalue weighted by Gasteiger charge is -2.20. The van der Waals surface area contributed by atoms with Crippen LogP contribution >= 0.6 is 0 Å². The molecule has 0 unspecified atom stereocenters. The lowest BCUT2D eigenvalue weighted by molar-refractivity contribution is -0.119. The number of carbonyl (C=O) groups is 2. The number of para-hydroxylation sites is 2. The van der Waals surface area contributed by atoms with Crippen molar-refractivity contribution in [3.05, 3.63) is 42.5 Å². The Balaban J connectivity index is 1.97. The topological polar surface area (TPSA) is 89.1 Å². The number of rotatable bonds is 10. The minimum Gasteiger partial charge on any atom is -0.497 e. The molecule has 8 heteroatoms. The van der Waals surface area contributed by atoms with Crippen molar-refractivity contribution in [1.29, 1.82) is 0 Å². The van der Waals surface area contributed by atoms with Gasteiger partial charge in [-0.1, -0.05) is 19.1 Å². The predicted octanol–water partition coefficient (Wildman–Crippen LogP) is 2.61. The maximum atomic E-state index is 12.5. The molecule has 0 radical (unpaired) electrons. The number of anilines is 2. The molecule has 29 heavy (non-hydrogen) atoms. The van der Waals surface area contributed by atoms with E-state index in [1.165, 1.54) is 7.11 Å². The average molecular weight is 401 g/mol. The minimum atomic E-state index is -0.261. The molecule has 156 valence electrons. The fraction of sp³-hybridized carbons (Fsp3) is 0.333. The molecule has 0 aliphatic carbocycles. The Hall–Kier alpha value is -3.26. The predicted molar refractivity (Wildman–Crippen MR) is 112 cm³/mol. The van der Waals surface area contributed by atoms with Crippen LogP contribution in [0.25, 0.3) is 0 Å². The normalized spacial score (nSPS) is 10.4. The molecule has 0 aliphatic rings. The van der Waals surface area contributed by atoms with Gasteiger partial charge in [0.1, 0.15) is 17.2 Å². The van der Waals surface area contributed by atoms with Crippen molar-refractivity contribution in [2.24, 2.45) is 0 Å². The molecule has 0 bridgehead atoms. The van der Waals surface area contributed by atoms with Crippen LogP contribution in [0.3, 0.4) is 0 Å². The summed E-state index contributed by atoms with van der Waals surface area (Å²) < 4.78 is 15.7. The minimum absolute atomic E-state index is 0.0518. The van der Waals surface area contributed by atoms with Crippen molar-refractivity contribution in [3.63, 3.8) is 0 Å². The first-order chi connectivity index (χ1) is 14.0. The molecule has 0 aromatic heterocycles. The van der Waals surface area contributed by atoms with E-state index in [0.717, 1.165) is 0 Å². The first kappa shape index (κ1) is 22.0. The molecular weight excluding hydrogens is 374 g/mol. The van der Waals surface area contributed by atoms with Crippen molar-refractivity contribution >= 4 is 23.2 Å². The number of benzene rings is 2. The van der Waals surface area contributed by atoms with E-state index in [4.69, 9.17) is 14.2 Å². The molecular formula is C21H27N3O5. The number of hydrogen-bond donors (Lipinski definition) is 2. The van der Waals surface area contributed by atoms with E-state index in [2.05, 4.69) is 10.6 Å². The smallest absolute Gasteiger partial charge is 0.238 e. The van der Waals surface area contributed by atoms with Crippen LogP contribution in [0.4, 0.5) is 11.4 Å². The number of methoxy groups -OCH3 is 3. The molecule has 0 fully saturated rings. The second-order valence-electron chi connectivity index (χ2n) is 6.17. The number of hydrogen-bond acceptors (Lipinski definition) is 6. The van der Waals surface area contributed by atoms with Crippen LogP contribution in [0.1, 0.15) is 6.92 Å². The lowest BCUT2D eigenvalue weighted by Crippen LogP contribution is -2.38. The summed E-state index contributed by atoms with van der Waals surface area (Å²) in [5.41, 5.74) is 1.09. The Morgan fingerprint density at radius 1 is 0.828 bits per heavy atom. The largest absolute Gasteiger partial charge is 0.497 e. The Kier molecular flexibility index (Phi) is 8.29. The zero-order valence-electron chi connectivity index (χ0n) is 17.2. The lowest BCUT2D eigenvalue weighted by atomic mass is 10.2. The summed E-state index contributed by atoms with van der Waals surface area (Å²) in [6.07, 6.45) is 0. The molecule has 2 aromatic rings. The zero-order valence-corrected chi connectivity index (χ0v) is 17.2. The Bertz CT molecular complexity index is 841. The van der Waals surface area contributed by atoms with Gasteiger partial charge in [-0.15, -0.1) is 0 Å². The van der Waals surface area contributed by atoms with Gasteiger partial charge >= 0.3 is 0 Å². The number of likely N-dealkylation sites (N-methyl/N-ethyl adjacent to an activating group) is 1. The number of nitrogens with one attached hydrogen (secondary N) is 2. The second kappa shape index (κ2) is 10.9.